The molecule has 1 aromatic rings. The third-order valence-electron chi connectivity index (χ3n) is 6.97. The highest BCUT2D eigenvalue weighted by Crippen LogP contribution is 2.61. The number of amides is 1. The SMILES string of the molecule is CCC[C@H](NC(=O)c1c(C)noc1C)C12CC3CC(CC(C3)C1)C2. The van der Waals surface area contributed by atoms with Crippen LogP contribution in [0.1, 0.15) is 80.1 Å². The molecule has 4 heteroatoms. The zero-order valence-corrected chi connectivity index (χ0v) is 15.2. The van der Waals surface area contributed by atoms with Gasteiger partial charge in [-0.3, -0.25) is 4.79 Å². The van der Waals surface area contributed by atoms with E-state index in [4.69, 9.17) is 4.52 Å². The molecule has 4 saturated carbocycles. The number of nitrogens with one attached hydrogen (secondary N) is 1. The minimum atomic E-state index is 0.0143. The molecule has 132 valence electrons. The molecule has 4 fully saturated rings. The molecule has 4 aliphatic rings. The molecule has 0 spiro atoms. The number of nitrogens with zero attached hydrogens (tertiary/aromatic N) is 1. The van der Waals surface area contributed by atoms with Crippen molar-refractivity contribution in [1.82, 2.24) is 10.5 Å². The van der Waals surface area contributed by atoms with Crippen LogP contribution in [-0.4, -0.2) is 17.1 Å². The highest BCUT2D eigenvalue weighted by molar-refractivity contribution is 5.96. The van der Waals surface area contributed by atoms with E-state index < -0.39 is 0 Å². The van der Waals surface area contributed by atoms with Gasteiger partial charge < -0.3 is 9.84 Å². The summed E-state index contributed by atoms with van der Waals surface area (Å²) in [5, 5.41) is 7.37. The molecule has 4 aliphatic carbocycles. The molecule has 24 heavy (non-hydrogen) atoms. The van der Waals surface area contributed by atoms with Crippen LogP contribution in [0.4, 0.5) is 0 Å². The van der Waals surface area contributed by atoms with Crippen LogP contribution < -0.4 is 5.32 Å². The Hall–Kier alpha value is -1.32. The van der Waals surface area contributed by atoms with Crippen LogP contribution >= 0.6 is 0 Å². The topological polar surface area (TPSA) is 55.1 Å². The first-order chi connectivity index (χ1) is 11.5. The maximum atomic E-state index is 12.9. The molecule has 4 nitrogen and oxygen atoms in total. The standard InChI is InChI=1S/C20H30N2O2/c1-4-5-17(21-19(23)18-12(2)22-24-13(18)3)20-9-14-6-15(10-20)8-16(7-14)11-20/h14-17H,4-11H2,1-3H3,(H,21,23)/t14?,15?,16?,17-,20?/m0/s1. The van der Waals surface area contributed by atoms with Crippen molar-refractivity contribution >= 4 is 5.91 Å². The maximum Gasteiger partial charge on any atom is 0.257 e. The van der Waals surface area contributed by atoms with Gasteiger partial charge in [-0.1, -0.05) is 18.5 Å². The van der Waals surface area contributed by atoms with Crippen molar-refractivity contribution in [3.63, 3.8) is 0 Å². The molecule has 4 bridgehead atoms. The number of carbonyl (C=O) groups is 1. The third kappa shape index (κ3) is 2.58. The van der Waals surface area contributed by atoms with E-state index in [0.717, 1.165) is 30.6 Å². The van der Waals surface area contributed by atoms with E-state index in [0.29, 0.717) is 28.5 Å². The van der Waals surface area contributed by atoms with Crippen molar-refractivity contribution < 1.29 is 9.32 Å². The quantitative estimate of drug-likeness (QED) is 0.870. The van der Waals surface area contributed by atoms with Crippen LogP contribution in [0.2, 0.25) is 0 Å². The summed E-state index contributed by atoms with van der Waals surface area (Å²) in [6.45, 7) is 5.91. The Morgan fingerprint density at radius 1 is 1.21 bits per heavy atom. The van der Waals surface area contributed by atoms with E-state index >= 15 is 0 Å². The molecule has 1 aromatic heterocycles. The zero-order valence-electron chi connectivity index (χ0n) is 15.2. The van der Waals surface area contributed by atoms with E-state index in [1.165, 1.54) is 38.5 Å². The van der Waals surface area contributed by atoms with E-state index in [1.54, 1.807) is 0 Å². The molecule has 0 saturated heterocycles. The first-order valence-corrected chi connectivity index (χ1v) is 9.74. The summed E-state index contributed by atoms with van der Waals surface area (Å²) in [4.78, 5) is 12.9. The van der Waals surface area contributed by atoms with Crippen molar-refractivity contribution in [2.45, 2.75) is 78.2 Å². The Balaban J connectivity index is 1.57. The summed E-state index contributed by atoms with van der Waals surface area (Å²) in [6.07, 6.45) is 10.5. The van der Waals surface area contributed by atoms with Crippen LogP contribution in [0, 0.1) is 37.0 Å². The lowest BCUT2D eigenvalue weighted by Gasteiger charge is -2.59. The average molecular weight is 330 g/mol. The number of rotatable bonds is 5. The Morgan fingerprint density at radius 2 is 1.79 bits per heavy atom. The summed E-state index contributed by atoms with van der Waals surface area (Å²) >= 11 is 0. The minimum Gasteiger partial charge on any atom is -0.361 e. The summed E-state index contributed by atoms with van der Waals surface area (Å²) in [5.41, 5.74) is 1.69. The number of hydrogen-bond acceptors (Lipinski definition) is 3. The van der Waals surface area contributed by atoms with Crippen LogP contribution in [0.25, 0.3) is 0 Å². The summed E-state index contributed by atoms with van der Waals surface area (Å²) in [5.74, 6) is 3.37. The largest absolute Gasteiger partial charge is 0.361 e. The first-order valence-electron chi connectivity index (χ1n) is 9.74. The summed E-state index contributed by atoms with van der Waals surface area (Å²) in [7, 11) is 0. The van der Waals surface area contributed by atoms with Crippen molar-refractivity contribution in [3.05, 3.63) is 17.0 Å². The molecule has 1 amide bonds. The van der Waals surface area contributed by atoms with Crippen molar-refractivity contribution in [2.75, 3.05) is 0 Å². The van der Waals surface area contributed by atoms with Gasteiger partial charge in [0.15, 0.2) is 0 Å². The fourth-order valence-corrected chi connectivity index (χ4v) is 6.46. The normalized spacial score (nSPS) is 35.2. The lowest BCUT2D eigenvalue weighted by atomic mass is 9.47. The Kier molecular flexibility index (Phi) is 3.97. The van der Waals surface area contributed by atoms with E-state index in [2.05, 4.69) is 17.4 Å². The lowest BCUT2D eigenvalue weighted by Crippen LogP contribution is -2.57. The smallest absolute Gasteiger partial charge is 0.257 e. The summed E-state index contributed by atoms with van der Waals surface area (Å²) < 4.78 is 5.20. The molecular formula is C20H30N2O2. The predicted molar refractivity (Wildman–Crippen MR) is 92.7 cm³/mol. The van der Waals surface area contributed by atoms with Gasteiger partial charge in [-0.25, -0.2) is 0 Å². The molecule has 1 heterocycles. The van der Waals surface area contributed by atoms with Crippen LogP contribution in [0.3, 0.4) is 0 Å². The van der Waals surface area contributed by atoms with Crippen LogP contribution in [-0.2, 0) is 0 Å². The molecule has 1 N–H and O–H groups in total. The molecule has 5 rings (SSSR count). The average Bonchev–Trinajstić information content (AvgIpc) is 2.84. The predicted octanol–water partition coefficient (Wildman–Crippen LogP) is 4.41. The van der Waals surface area contributed by atoms with E-state index in [9.17, 15) is 4.79 Å². The number of carbonyl (C=O) groups excluding carboxylic acids is 1. The van der Waals surface area contributed by atoms with Gasteiger partial charge in [0.25, 0.3) is 5.91 Å². The highest BCUT2D eigenvalue weighted by Gasteiger charge is 2.54. The lowest BCUT2D eigenvalue weighted by molar-refractivity contribution is -0.0736. The van der Waals surface area contributed by atoms with Crippen LogP contribution in [0.15, 0.2) is 4.52 Å². The van der Waals surface area contributed by atoms with Gasteiger partial charge in [-0.2, -0.15) is 0 Å². The minimum absolute atomic E-state index is 0.0143. The van der Waals surface area contributed by atoms with Gasteiger partial charge in [-0.05, 0) is 82.0 Å². The van der Waals surface area contributed by atoms with E-state index in [1.807, 2.05) is 13.8 Å². The monoisotopic (exact) mass is 330 g/mol. The second-order valence-electron chi connectivity index (χ2n) is 8.79. The second kappa shape index (κ2) is 5.89. The first kappa shape index (κ1) is 16.2. The molecule has 0 aromatic carbocycles. The fourth-order valence-electron chi connectivity index (χ4n) is 6.46. The number of aromatic nitrogens is 1. The molecule has 0 aliphatic heterocycles. The van der Waals surface area contributed by atoms with E-state index in [-0.39, 0.29) is 5.91 Å². The number of hydrogen-bond donors (Lipinski definition) is 1. The maximum absolute atomic E-state index is 12.9. The van der Waals surface area contributed by atoms with Crippen molar-refractivity contribution in [1.29, 1.82) is 0 Å². The Bertz CT molecular complexity index is 579. The second-order valence-corrected chi connectivity index (χ2v) is 8.79. The molecule has 0 unspecified atom stereocenters. The van der Waals surface area contributed by atoms with Gasteiger partial charge in [0, 0.05) is 6.04 Å². The molecular weight excluding hydrogens is 300 g/mol. The van der Waals surface area contributed by atoms with Gasteiger partial charge in [0.1, 0.15) is 11.3 Å². The molecule has 1 atom stereocenters. The summed E-state index contributed by atoms with van der Waals surface area (Å²) in [6, 6.07) is 0.303. The van der Waals surface area contributed by atoms with Gasteiger partial charge in [0.2, 0.25) is 0 Å². The van der Waals surface area contributed by atoms with Gasteiger partial charge in [0.05, 0.1) is 5.69 Å². The Labute approximate surface area is 144 Å². The Morgan fingerprint density at radius 3 is 2.25 bits per heavy atom. The third-order valence-corrected chi connectivity index (χ3v) is 6.97. The van der Waals surface area contributed by atoms with Crippen molar-refractivity contribution in [2.24, 2.45) is 23.2 Å². The van der Waals surface area contributed by atoms with Crippen molar-refractivity contribution in [3.8, 4) is 0 Å². The van der Waals surface area contributed by atoms with Gasteiger partial charge in [-0.15, -0.1) is 0 Å². The number of aryl methyl sites for hydroxylation is 2. The van der Waals surface area contributed by atoms with Crippen LogP contribution in [0.5, 0.6) is 0 Å². The highest BCUT2D eigenvalue weighted by atomic mass is 16.5. The molecule has 0 radical (unpaired) electrons. The fraction of sp³-hybridized carbons (Fsp3) is 0.800. The van der Waals surface area contributed by atoms with Gasteiger partial charge >= 0.3 is 0 Å². The zero-order chi connectivity index (χ0) is 16.9.